The highest BCUT2D eigenvalue weighted by Gasteiger charge is 1.98. The van der Waals surface area contributed by atoms with E-state index in [0.717, 1.165) is 26.1 Å². The second-order valence-electron chi connectivity index (χ2n) is 6.80. The maximum atomic E-state index is 8.63. The van der Waals surface area contributed by atoms with Crippen LogP contribution in [-0.2, 0) is 4.74 Å². The molecule has 0 aromatic carbocycles. The highest BCUT2D eigenvalue weighted by Crippen LogP contribution is 2.10. The molecule has 0 amide bonds. The minimum atomic E-state index is 0.329. The van der Waals surface area contributed by atoms with Crippen molar-refractivity contribution < 1.29 is 9.84 Å². The van der Waals surface area contributed by atoms with E-state index in [0.29, 0.717) is 24.4 Å². The van der Waals surface area contributed by atoms with Crippen LogP contribution in [0.25, 0.3) is 0 Å². The molecule has 0 aliphatic carbocycles. The van der Waals surface area contributed by atoms with Gasteiger partial charge < -0.3 is 9.84 Å². The number of ether oxygens (including phenoxy) is 1. The van der Waals surface area contributed by atoms with E-state index in [4.69, 9.17) is 9.84 Å². The van der Waals surface area contributed by atoms with Gasteiger partial charge in [-0.3, -0.25) is 0 Å². The van der Waals surface area contributed by atoms with Gasteiger partial charge in [-0.25, -0.2) is 0 Å². The van der Waals surface area contributed by atoms with Crippen LogP contribution in [0.4, 0.5) is 0 Å². The lowest BCUT2D eigenvalue weighted by Gasteiger charge is -2.07. The van der Waals surface area contributed by atoms with Gasteiger partial charge in [-0.1, -0.05) is 46.3 Å². The fraction of sp³-hybridized carbons (Fsp3) is 0.889. The first kappa shape index (κ1) is 21.9. The maximum absolute atomic E-state index is 8.63. The van der Waals surface area contributed by atoms with Crippen LogP contribution in [0.5, 0.6) is 0 Å². The zero-order valence-electron chi connectivity index (χ0n) is 14.9. The number of rotatable bonds is 9. The van der Waals surface area contributed by atoms with Gasteiger partial charge in [-0.05, 0) is 50.9 Å². The molecule has 0 aliphatic rings. The average Bonchev–Trinajstić information content (AvgIpc) is 2.28. The molecule has 122 valence electrons. The summed E-state index contributed by atoms with van der Waals surface area (Å²) in [5.74, 6) is 2.00. The Morgan fingerprint density at radius 1 is 0.950 bits per heavy atom. The predicted octanol–water partition coefficient (Wildman–Crippen LogP) is 5.07. The second-order valence-corrected chi connectivity index (χ2v) is 6.80. The van der Waals surface area contributed by atoms with Gasteiger partial charge in [0.05, 0.1) is 0 Å². The summed E-state index contributed by atoms with van der Waals surface area (Å²) in [6, 6.07) is 0. The third-order valence-electron chi connectivity index (χ3n) is 2.74. The Hall–Kier alpha value is -0.340. The molecule has 0 aromatic heterocycles. The molecule has 1 unspecified atom stereocenters. The SMILES string of the molecule is CC(C)=CCCC(C)CCO.CC(C)COCC(C)C. The summed E-state index contributed by atoms with van der Waals surface area (Å²) in [5, 5.41) is 8.63. The van der Waals surface area contributed by atoms with Crippen LogP contribution in [-0.4, -0.2) is 24.9 Å². The van der Waals surface area contributed by atoms with E-state index in [-0.39, 0.29) is 0 Å². The summed E-state index contributed by atoms with van der Waals surface area (Å²) >= 11 is 0. The third-order valence-corrected chi connectivity index (χ3v) is 2.74. The first-order valence-corrected chi connectivity index (χ1v) is 8.11. The molecule has 0 saturated carbocycles. The van der Waals surface area contributed by atoms with Gasteiger partial charge in [0.25, 0.3) is 0 Å². The number of allylic oxidation sites excluding steroid dienone is 2. The van der Waals surface area contributed by atoms with Crippen molar-refractivity contribution in [2.75, 3.05) is 19.8 Å². The van der Waals surface area contributed by atoms with Gasteiger partial charge in [0, 0.05) is 19.8 Å². The van der Waals surface area contributed by atoms with Crippen molar-refractivity contribution >= 4 is 0 Å². The molecule has 0 aliphatic heterocycles. The van der Waals surface area contributed by atoms with Crippen molar-refractivity contribution in [2.45, 2.75) is 67.7 Å². The van der Waals surface area contributed by atoms with Crippen LogP contribution in [0.3, 0.4) is 0 Å². The van der Waals surface area contributed by atoms with Gasteiger partial charge in [-0.2, -0.15) is 0 Å². The van der Waals surface area contributed by atoms with Crippen LogP contribution in [0, 0.1) is 17.8 Å². The summed E-state index contributed by atoms with van der Waals surface area (Å²) in [5.41, 5.74) is 1.39. The molecule has 1 N–H and O–H groups in total. The van der Waals surface area contributed by atoms with Crippen molar-refractivity contribution in [3.05, 3.63) is 11.6 Å². The quantitative estimate of drug-likeness (QED) is 0.600. The van der Waals surface area contributed by atoms with Gasteiger partial charge in [0.2, 0.25) is 0 Å². The topological polar surface area (TPSA) is 29.5 Å². The zero-order chi connectivity index (χ0) is 16.0. The number of hydrogen-bond donors (Lipinski definition) is 1. The number of aliphatic hydroxyl groups excluding tert-OH is 1. The lowest BCUT2D eigenvalue weighted by Crippen LogP contribution is -2.06. The Morgan fingerprint density at radius 2 is 1.45 bits per heavy atom. The number of hydrogen-bond acceptors (Lipinski definition) is 2. The summed E-state index contributed by atoms with van der Waals surface area (Å²) < 4.78 is 5.36. The Labute approximate surface area is 127 Å². The average molecular weight is 286 g/mol. The Balaban J connectivity index is 0. The Morgan fingerprint density at radius 3 is 1.80 bits per heavy atom. The number of aliphatic hydroxyl groups is 1. The van der Waals surface area contributed by atoms with Crippen molar-refractivity contribution in [3.63, 3.8) is 0 Å². The predicted molar refractivity (Wildman–Crippen MR) is 90.0 cm³/mol. The highest BCUT2D eigenvalue weighted by molar-refractivity contribution is 4.92. The van der Waals surface area contributed by atoms with E-state index in [1.54, 1.807) is 0 Å². The monoisotopic (exact) mass is 286 g/mol. The minimum absolute atomic E-state index is 0.329. The first-order valence-electron chi connectivity index (χ1n) is 8.11. The molecule has 0 saturated heterocycles. The highest BCUT2D eigenvalue weighted by atomic mass is 16.5. The molecule has 2 nitrogen and oxygen atoms in total. The van der Waals surface area contributed by atoms with Crippen LogP contribution in [0.2, 0.25) is 0 Å². The lowest BCUT2D eigenvalue weighted by atomic mass is 10.0. The summed E-state index contributed by atoms with van der Waals surface area (Å²) in [4.78, 5) is 0. The minimum Gasteiger partial charge on any atom is -0.396 e. The van der Waals surface area contributed by atoms with E-state index >= 15 is 0 Å². The molecule has 0 aromatic rings. The normalized spacial score (nSPS) is 12.1. The van der Waals surface area contributed by atoms with Gasteiger partial charge in [-0.15, -0.1) is 0 Å². The molecule has 2 heteroatoms. The Kier molecular flexibility index (Phi) is 16.5. The van der Waals surface area contributed by atoms with E-state index in [2.05, 4.69) is 54.5 Å². The van der Waals surface area contributed by atoms with E-state index in [9.17, 15) is 0 Å². The van der Waals surface area contributed by atoms with E-state index < -0.39 is 0 Å². The molecule has 0 fully saturated rings. The molecule has 0 heterocycles. The summed E-state index contributed by atoms with van der Waals surface area (Å²) in [7, 11) is 0. The van der Waals surface area contributed by atoms with Crippen LogP contribution in [0.15, 0.2) is 11.6 Å². The zero-order valence-corrected chi connectivity index (χ0v) is 14.9. The Bertz CT molecular complexity index is 207. The van der Waals surface area contributed by atoms with Crippen molar-refractivity contribution in [3.8, 4) is 0 Å². The first-order chi connectivity index (χ1) is 9.29. The second kappa shape index (κ2) is 15.1. The maximum Gasteiger partial charge on any atom is 0.0489 e. The smallest absolute Gasteiger partial charge is 0.0489 e. The molecule has 20 heavy (non-hydrogen) atoms. The van der Waals surface area contributed by atoms with Crippen molar-refractivity contribution in [1.82, 2.24) is 0 Å². The largest absolute Gasteiger partial charge is 0.396 e. The summed E-state index contributed by atoms with van der Waals surface area (Å²) in [6.07, 6.45) is 5.56. The molecule has 0 bridgehead atoms. The molecule has 1 atom stereocenters. The van der Waals surface area contributed by atoms with E-state index in [1.807, 2.05) is 0 Å². The summed E-state index contributed by atoms with van der Waals surface area (Å²) in [6.45, 7) is 17.2. The molecule has 0 spiro atoms. The van der Waals surface area contributed by atoms with Gasteiger partial charge in [0.1, 0.15) is 0 Å². The lowest BCUT2D eigenvalue weighted by molar-refractivity contribution is 0.0886. The van der Waals surface area contributed by atoms with E-state index in [1.165, 1.54) is 12.0 Å². The standard InChI is InChI=1S/C10H20O.C8H18O/c1-9(2)5-4-6-10(3)7-8-11;1-7(2)5-9-6-8(3)4/h5,10-11H,4,6-8H2,1-3H3;7-8H,5-6H2,1-4H3. The van der Waals surface area contributed by atoms with Gasteiger partial charge in [0.15, 0.2) is 0 Å². The van der Waals surface area contributed by atoms with Gasteiger partial charge >= 0.3 is 0 Å². The van der Waals surface area contributed by atoms with Crippen LogP contribution >= 0.6 is 0 Å². The van der Waals surface area contributed by atoms with Crippen molar-refractivity contribution in [2.24, 2.45) is 17.8 Å². The molecular formula is C18H38O2. The fourth-order valence-corrected chi connectivity index (χ4v) is 1.56. The molecule has 0 radical (unpaired) electrons. The molecular weight excluding hydrogens is 248 g/mol. The van der Waals surface area contributed by atoms with Crippen LogP contribution < -0.4 is 0 Å². The van der Waals surface area contributed by atoms with Crippen molar-refractivity contribution in [1.29, 1.82) is 0 Å². The molecule has 0 rings (SSSR count). The van der Waals surface area contributed by atoms with Crippen LogP contribution in [0.1, 0.15) is 67.7 Å². The fourth-order valence-electron chi connectivity index (χ4n) is 1.56. The third kappa shape index (κ3) is 22.8.